The van der Waals surface area contributed by atoms with Gasteiger partial charge in [-0.2, -0.15) is 10.2 Å². The van der Waals surface area contributed by atoms with Crippen LogP contribution in [0.5, 0.6) is 0 Å². The van der Waals surface area contributed by atoms with E-state index in [2.05, 4.69) is 25.4 Å². The van der Waals surface area contributed by atoms with Crippen LogP contribution in [-0.4, -0.2) is 55.9 Å². The first-order valence-corrected chi connectivity index (χ1v) is 6.45. The Balaban J connectivity index is 1.73. The van der Waals surface area contributed by atoms with Gasteiger partial charge in [-0.1, -0.05) is 0 Å². The van der Waals surface area contributed by atoms with Gasteiger partial charge in [-0.3, -0.25) is 15.0 Å². The Morgan fingerprint density at radius 2 is 2.25 bits per heavy atom. The number of hydrogen-bond donors (Lipinski definition) is 2. The molecule has 0 aliphatic carbocycles. The average molecular weight is 276 g/mol. The minimum absolute atomic E-state index is 0.102. The van der Waals surface area contributed by atoms with Crippen LogP contribution in [0.25, 0.3) is 0 Å². The predicted octanol–water partition coefficient (Wildman–Crippen LogP) is 0.358. The van der Waals surface area contributed by atoms with Crippen LogP contribution in [0.3, 0.4) is 0 Å². The number of aromatic amines is 2. The maximum absolute atomic E-state index is 12.3. The summed E-state index contributed by atoms with van der Waals surface area (Å²) in [5.74, 6) is 1.21. The van der Waals surface area contributed by atoms with Crippen molar-refractivity contribution in [3.05, 3.63) is 29.1 Å². The lowest BCUT2D eigenvalue weighted by molar-refractivity contribution is -0.0268. The molecule has 20 heavy (non-hydrogen) atoms. The van der Waals surface area contributed by atoms with Crippen molar-refractivity contribution in [2.45, 2.75) is 20.0 Å². The number of carbonyl (C=O) groups excluding carboxylic acids is 1. The van der Waals surface area contributed by atoms with Gasteiger partial charge in [0.25, 0.3) is 5.91 Å². The van der Waals surface area contributed by atoms with E-state index in [1.807, 2.05) is 13.8 Å². The van der Waals surface area contributed by atoms with Crippen LogP contribution >= 0.6 is 0 Å². The van der Waals surface area contributed by atoms with E-state index in [1.165, 1.54) is 0 Å². The number of rotatable bonds is 2. The van der Waals surface area contributed by atoms with Gasteiger partial charge in [0.1, 0.15) is 17.6 Å². The molecule has 0 unspecified atom stereocenters. The lowest BCUT2D eigenvalue weighted by Crippen LogP contribution is -2.42. The van der Waals surface area contributed by atoms with E-state index >= 15 is 0 Å². The van der Waals surface area contributed by atoms with E-state index in [1.54, 1.807) is 11.0 Å². The van der Waals surface area contributed by atoms with Crippen molar-refractivity contribution in [1.29, 1.82) is 0 Å². The molecule has 1 fully saturated rings. The second-order valence-electron chi connectivity index (χ2n) is 4.83. The minimum atomic E-state index is -0.294. The average Bonchev–Trinajstić information content (AvgIpc) is 3.07. The number of amides is 1. The van der Waals surface area contributed by atoms with Crippen LogP contribution in [0.15, 0.2) is 6.07 Å². The first kappa shape index (κ1) is 12.8. The van der Waals surface area contributed by atoms with Crippen LogP contribution in [0.2, 0.25) is 0 Å². The van der Waals surface area contributed by atoms with Gasteiger partial charge in [0, 0.05) is 12.2 Å². The Labute approximate surface area is 115 Å². The first-order valence-electron chi connectivity index (χ1n) is 6.45. The number of carbonyl (C=O) groups is 1. The third-order valence-electron chi connectivity index (χ3n) is 3.18. The minimum Gasteiger partial charge on any atom is -0.366 e. The third kappa shape index (κ3) is 2.42. The first-order chi connectivity index (χ1) is 9.63. The fourth-order valence-corrected chi connectivity index (χ4v) is 2.18. The Bertz CT molecular complexity index is 619. The lowest BCUT2D eigenvalue weighted by atomic mass is 10.2. The maximum Gasteiger partial charge on any atom is 0.274 e. The summed E-state index contributed by atoms with van der Waals surface area (Å²) in [6, 6.07) is 1.74. The van der Waals surface area contributed by atoms with Crippen LogP contribution in [-0.2, 0) is 4.74 Å². The summed E-state index contributed by atoms with van der Waals surface area (Å²) in [4.78, 5) is 18.3. The van der Waals surface area contributed by atoms with Crippen molar-refractivity contribution in [2.75, 3.05) is 19.7 Å². The van der Waals surface area contributed by atoms with E-state index in [-0.39, 0.29) is 12.0 Å². The molecule has 1 amide bonds. The molecular weight excluding hydrogens is 260 g/mol. The molecule has 3 rings (SSSR count). The molecule has 0 aromatic carbocycles. The van der Waals surface area contributed by atoms with Gasteiger partial charge < -0.3 is 9.64 Å². The molecule has 1 aliphatic heterocycles. The molecule has 0 spiro atoms. The van der Waals surface area contributed by atoms with Gasteiger partial charge in [-0.15, -0.1) is 0 Å². The predicted molar refractivity (Wildman–Crippen MR) is 69.0 cm³/mol. The molecule has 8 nitrogen and oxygen atoms in total. The Morgan fingerprint density at radius 1 is 1.40 bits per heavy atom. The summed E-state index contributed by atoms with van der Waals surface area (Å²) in [7, 11) is 0. The Kier molecular flexibility index (Phi) is 3.23. The number of nitrogens with one attached hydrogen (secondary N) is 2. The van der Waals surface area contributed by atoms with Crippen molar-refractivity contribution >= 4 is 5.91 Å². The normalized spacial score (nSPS) is 19.3. The van der Waals surface area contributed by atoms with E-state index in [9.17, 15) is 4.79 Å². The second-order valence-corrected chi connectivity index (χ2v) is 4.83. The van der Waals surface area contributed by atoms with Crippen LogP contribution < -0.4 is 0 Å². The fraction of sp³-hybridized carbons (Fsp3) is 0.500. The van der Waals surface area contributed by atoms with Crippen LogP contribution in [0, 0.1) is 13.8 Å². The smallest absolute Gasteiger partial charge is 0.274 e. The van der Waals surface area contributed by atoms with E-state index in [0.717, 1.165) is 11.5 Å². The topological polar surface area (TPSA) is 99.8 Å². The molecular formula is C12H16N6O2. The SMILES string of the molecule is Cc1cc(C(=O)N2CCO[C@@H](c3n[nH]c(C)n3)C2)n[nH]1. The molecule has 0 saturated carbocycles. The summed E-state index contributed by atoms with van der Waals surface area (Å²) < 4.78 is 5.63. The highest BCUT2D eigenvalue weighted by molar-refractivity contribution is 5.92. The van der Waals surface area contributed by atoms with Crippen molar-refractivity contribution < 1.29 is 9.53 Å². The Hall–Kier alpha value is -2.22. The monoisotopic (exact) mass is 276 g/mol. The van der Waals surface area contributed by atoms with Crippen LogP contribution in [0.4, 0.5) is 0 Å². The Morgan fingerprint density at radius 3 is 2.90 bits per heavy atom. The summed E-state index contributed by atoms with van der Waals surface area (Å²) in [5, 5.41) is 13.6. The lowest BCUT2D eigenvalue weighted by Gasteiger charge is -2.31. The highest BCUT2D eigenvalue weighted by atomic mass is 16.5. The van der Waals surface area contributed by atoms with E-state index in [0.29, 0.717) is 31.2 Å². The van der Waals surface area contributed by atoms with E-state index in [4.69, 9.17) is 4.74 Å². The number of H-pyrrole nitrogens is 2. The number of aromatic nitrogens is 5. The summed E-state index contributed by atoms with van der Waals surface area (Å²) in [5.41, 5.74) is 1.29. The van der Waals surface area contributed by atoms with Gasteiger partial charge >= 0.3 is 0 Å². The zero-order valence-electron chi connectivity index (χ0n) is 11.4. The zero-order chi connectivity index (χ0) is 14.1. The number of ether oxygens (including phenoxy) is 1. The largest absolute Gasteiger partial charge is 0.366 e. The molecule has 0 radical (unpaired) electrons. The molecule has 1 aliphatic rings. The molecule has 2 aromatic heterocycles. The van der Waals surface area contributed by atoms with Gasteiger partial charge in [0.2, 0.25) is 0 Å². The number of morpholine rings is 1. The highest BCUT2D eigenvalue weighted by Gasteiger charge is 2.29. The molecule has 3 heterocycles. The molecule has 106 valence electrons. The summed E-state index contributed by atoms with van der Waals surface area (Å²) in [6.45, 7) is 5.14. The van der Waals surface area contributed by atoms with Crippen molar-refractivity contribution in [2.24, 2.45) is 0 Å². The van der Waals surface area contributed by atoms with Gasteiger partial charge in [-0.05, 0) is 19.9 Å². The standard InChI is InChI=1S/C12H16N6O2/c1-7-5-9(16-14-7)12(19)18-3-4-20-10(6-18)11-13-8(2)15-17-11/h5,10H,3-4,6H2,1-2H3,(H,14,16)(H,13,15,17)/t10-/m1/s1. The number of nitrogens with zero attached hydrogens (tertiary/aromatic N) is 4. The molecule has 2 aromatic rings. The molecule has 0 bridgehead atoms. The van der Waals surface area contributed by atoms with Gasteiger partial charge in [0.05, 0.1) is 13.2 Å². The maximum atomic E-state index is 12.3. The summed E-state index contributed by atoms with van der Waals surface area (Å²) in [6.07, 6.45) is -0.294. The highest BCUT2D eigenvalue weighted by Crippen LogP contribution is 2.20. The quantitative estimate of drug-likeness (QED) is 0.825. The molecule has 1 saturated heterocycles. The van der Waals surface area contributed by atoms with Crippen molar-refractivity contribution in [3.8, 4) is 0 Å². The second kappa shape index (κ2) is 5.04. The van der Waals surface area contributed by atoms with E-state index < -0.39 is 0 Å². The zero-order valence-corrected chi connectivity index (χ0v) is 11.4. The molecule has 2 N–H and O–H groups in total. The molecule has 8 heteroatoms. The van der Waals surface area contributed by atoms with Crippen molar-refractivity contribution in [3.63, 3.8) is 0 Å². The number of aryl methyl sites for hydroxylation is 2. The van der Waals surface area contributed by atoms with Gasteiger partial charge in [-0.25, -0.2) is 4.98 Å². The summed E-state index contributed by atoms with van der Waals surface area (Å²) >= 11 is 0. The van der Waals surface area contributed by atoms with Crippen molar-refractivity contribution in [1.82, 2.24) is 30.3 Å². The fourth-order valence-electron chi connectivity index (χ4n) is 2.18. The molecule has 1 atom stereocenters. The number of hydrogen-bond acceptors (Lipinski definition) is 5. The van der Waals surface area contributed by atoms with Crippen LogP contribution in [0.1, 0.15) is 33.9 Å². The third-order valence-corrected chi connectivity index (χ3v) is 3.18. The van der Waals surface area contributed by atoms with Gasteiger partial charge in [0.15, 0.2) is 5.82 Å².